The Labute approximate surface area is 134 Å². The summed E-state index contributed by atoms with van der Waals surface area (Å²) < 4.78 is 5.97. The summed E-state index contributed by atoms with van der Waals surface area (Å²) in [5.41, 5.74) is 1.08. The van der Waals surface area contributed by atoms with Crippen molar-refractivity contribution in [3.8, 4) is 0 Å². The van der Waals surface area contributed by atoms with E-state index in [4.69, 9.17) is 4.74 Å². The molecule has 2 atom stereocenters. The average molecular weight is 320 g/mol. The van der Waals surface area contributed by atoms with Gasteiger partial charge in [0.05, 0.1) is 24.3 Å². The van der Waals surface area contributed by atoms with Gasteiger partial charge in [0, 0.05) is 6.54 Å². The molecule has 2 aliphatic rings. The van der Waals surface area contributed by atoms with Gasteiger partial charge in [-0.1, -0.05) is 30.3 Å². The largest absolute Gasteiger partial charge is 0.367 e. The van der Waals surface area contributed by atoms with Gasteiger partial charge >= 0.3 is 0 Å². The lowest BCUT2D eigenvalue weighted by molar-refractivity contribution is -0.148. The van der Waals surface area contributed by atoms with Crippen LogP contribution in [0.1, 0.15) is 18.6 Å². The first-order valence-corrected chi connectivity index (χ1v) is 8.62. The van der Waals surface area contributed by atoms with Gasteiger partial charge in [-0.2, -0.15) is 0 Å². The molecule has 2 amide bonds. The Morgan fingerprint density at radius 1 is 1.32 bits per heavy atom. The van der Waals surface area contributed by atoms with E-state index in [1.165, 1.54) is 0 Å². The number of hydrogen-bond acceptors (Lipinski definition) is 4. The molecular formula is C16H20N2O3S. The second-order valence-electron chi connectivity index (χ2n) is 5.71. The Balaban J connectivity index is 1.65. The fourth-order valence-electron chi connectivity index (χ4n) is 2.81. The second-order valence-corrected chi connectivity index (χ2v) is 6.67. The third kappa shape index (κ3) is 3.44. The van der Waals surface area contributed by atoms with Crippen LogP contribution in [-0.4, -0.2) is 59.0 Å². The SMILES string of the molecule is C[C@@H]1CN(C(=O)CN2CSCC2=O)C[C@H](c2ccccc2)O1. The minimum absolute atomic E-state index is 0.00642. The van der Waals surface area contributed by atoms with Crippen LogP contribution in [0.4, 0.5) is 0 Å². The van der Waals surface area contributed by atoms with Gasteiger partial charge in [-0.3, -0.25) is 9.59 Å². The molecule has 0 aromatic heterocycles. The number of carbonyl (C=O) groups excluding carboxylic acids is 2. The molecule has 118 valence electrons. The number of rotatable bonds is 3. The molecule has 1 aromatic carbocycles. The van der Waals surface area contributed by atoms with Crippen LogP contribution >= 0.6 is 11.8 Å². The molecule has 2 saturated heterocycles. The predicted octanol–water partition coefficient (Wildman–Crippen LogP) is 1.51. The summed E-state index contributed by atoms with van der Waals surface area (Å²) in [6, 6.07) is 9.96. The van der Waals surface area contributed by atoms with Gasteiger partial charge in [0.15, 0.2) is 0 Å². The molecule has 2 aliphatic heterocycles. The molecule has 0 saturated carbocycles. The molecule has 0 unspecified atom stereocenters. The van der Waals surface area contributed by atoms with E-state index in [9.17, 15) is 9.59 Å². The van der Waals surface area contributed by atoms with E-state index in [1.54, 1.807) is 16.7 Å². The summed E-state index contributed by atoms with van der Waals surface area (Å²) in [5.74, 6) is 1.16. The first-order chi connectivity index (χ1) is 10.6. The van der Waals surface area contributed by atoms with E-state index < -0.39 is 0 Å². The zero-order chi connectivity index (χ0) is 15.5. The van der Waals surface area contributed by atoms with Gasteiger partial charge in [-0.25, -0.2) is 0 Å². The normalized spacial score (nSPS) is 25.6. The van der Waals surface area contributed by atoms with Crippen molar-refractivity contribution >= 4 is 23.6 Å². The van der Waals surface area contributed by atoms with Crippen molar-refractivity contribution in [2.45, 2.75) is 19.1 Å². The fraction of sp³-hybridized carbons (Fsp3) is 0.500. The van der Waals surface area contributed by atoms with E-state index in [1.807, 2.05) is 42.2 Å². The number of ether oxygens (including phenoxy) is 1. The Morgan fingerprint density at radius 2 is 2.09 bits per heavy atom. The lowest BCUT2D eigenvalue weighted by Crippen LogP contribution is -2.49. The molecule has 2 heterocycles. The standard InChI is InChI=1S/C16H20N2O3S/c1-12-7-17(15(19)9-18-11-22-10-16(18)20)8-14(21-12)13-5-3-2-4-6-13/h2-6,12,14H,7-11H2,1H3/t12-,14-/m1/s1. The van der Waals surface area contributed by atoms with Gasteiger partial charge in [-0.15, -0.1) is 11.8 Å². The van der Waals surface area contributed by atoms with Crippen LogP contribution in [0.15, 0.2) is 30.3 Å². The van der Waals surface area contributed by atoms with Crippen molar-refractivity contribution in [3.05, 3.63) is 35.9 Å². The Morgan fingerprint density at radius 3 is 2.77 bits per heavy atom. The predicted molar refractivity (Wildman–Crippen MR) is 85.3 cm³/mol. The molecule has 0 radical (unpaired) electrons. The van der Waals surface area contributed by atoms with Crippen molar-refractivity contribution in [3.63, 3.8) is 0 Å². The van der Waals surface area contributed by atoms with Crippen molar-refractivity contribution in [1.82, 2.24) is 9.80 Å². The minimum Gasteiger partial charge on any atom is -0.367 e. The molecule has 0 N–H and O–H groups in total. The maximum absolute atomic E-state index is 12.5. The molecular weight excluding hydrogens is 300 g/mol. The third-order valence-electron chi connectivity index (χ3n) is 3.94. The third-order valence-corrected chi connectivity index (χ3v) is 4.88. The lowest BCUT2D eigenvalue weighted by Gasteiger charge is -2.37. The number of amides is 2. The van der Waals surface area contributed by atoms with Crippen LogP contribution in [0.25, 0.3) is 0 Å². The summed E-state index contributed by atoms with van der Waals surface area (Å²) in [6.45, 7) is 3.28. The average Bonchev–Trinajstić information content (AvgIpc) is 2.92. The van der Waals surface area contributed by atoms with Gasteiger partial charge in [0.2, 0.25) is 11.8 Å². The zero-order valence-electron chi connectivity index (χ0n) is 12.6. The highest BCUT2D eigenvalue weighted by molar-refractivity contribution is 8.00. The summed E-state index contributed by atoms with van der Waals surface area (Å²) in [5, 5.41) is 0. The molecule has 1 aromatic rings. The molecule has 6 heteroatoms. The minimum atomic E-state index is -0.0995. The van der Waals surface area contributed by atoms with E-state index in [2.05, 4.69) is 0 Å². The number of hydrogen-bond donors (Lipinski definition) is 0. The maximum atomic E-state index is 12.5. The van der Waals surface area contributed by atoms with Gasteiger partial charge < -0.3 is 14.5 Å². The van der Waals surface area contributed by atoms with Gasteiger partial charge in [0.1, 0.15) is 12.6 Å². The quantitative estimate of drug-likeness (QED) is 0.847. The van der Waals surface area contributed by atoms with E-state index in [-0.39, 0.29) is 30.6 Å². The Hall–Kier alpha value is -1.53. The molecule has 3 rings (SSSR count). The summed E-state index contributed by atoms with van der Waals surface area (Å²) in [6.07, 6.45) is -0.107. The lowest BCUT2D eigenvalue weighted by atomic mass is 10.1. The first-order valence-electron chi connectivity index (χ1n) is 7.47. The molecule has 22 heavy (non-hydrogen) atoms. The van der Waals surface area contributed by atoms with Crippen LogP contribution < -0.4 is 0 Å². The van der Waals surface area contributed by atoms with E-state index in [0.29, 0.717) is 24.7 Å². The highest BCUT2D eigenvalue weighted by Crippen LogP contribution is 2.25. The van der Waals surface area contributed by atoms with Crippen LogP contribution in [0.2, 0.25) is 0 Å². The van der Waals surface area contributed by atoms with Gasteiger partial charge in [0.25, 0.3) is 0 Å². The van der Waals surface area contributed by atoms with E-state index >= 15 is 0 Å². The second kappa shape index (κ2) is 6.71. The Kier molecular flexibility index (Phi) is 4.69. The van der Waals surface area contributed by atoms with Crippen LogP contribution in [0, 0.1) is 0 Å². The monoisotopic (exact) mass is 320 g/mol. The van der Waals surface area contributed by atoms with E-state index in [0.717, 1.165) is 5.56 Å². The Bertz CT molecular complexity index is 552. The number of benzene rings is 1. The fourth-order valence-corrected chi connectivity index (χ4v) is 3.71. The van der Waals surface area contributed by atoms with Crippen LogP contribution in [0.3, 0.4) is 0 Å². The molecule has 0 spiro atoms. The summed E-state index contributed by atoms with van der Waals surface area (Å²) in [4.78, 5) is 27.6. The van der Waals surface area contributed by atoms with Crippen molar-refractivity contribution in [2.75, 3.05) is 31.3 Å². The van der Waals surface area contributed by atoms with Crippen molar-refractivity contribution in [1.29, 1.82) is 0 Å². The number of nitrogens with zero attached hydrogens (tertiary/aromatic N) is 2. The highest BCUT2D eigenvalue weighted by Gasteiger charge is 2.31. The smallest absolute Gasteiger partial charge is 0.242 e. The molecule has 5 nitrogen and oxygen atoms in total. The van der Waals surface area contributed by atoms with Crippen molar-refractivity contribution < 1.29 is 14.3 Å². The molecule has 0 aliphatic carbocycles. The summed E-state index contributed by atoms with van der Waals surface area (Å²) >= 11 is 1.56. The van der Waals surface area contributed by atoms with Crippen LogP contribution in [0.5, 0.6) is 0 Å². The molecule has 2 fully saturated rings. The topological polar surface area (TPSA) is 49.9 Å². The van der Waals surface area contributed by atoms with Crippen LogP contribution in [-0.2, 0) is 14.3 Å². The maximum Gasteiger partial charge on any atom is 0.242 e. The van der Waals surface area contributed by atoms with Gasteiger partial charge in [-0.05, 0) is 12.5 Å². The zero-order valence-corrected chi connectivity index (χ0v) is 13.4. The van der Waals surface area contributed by atoms with Crippen molar-refractivity contribution in [2.24, 2.45) is 0 Å². The molecule has 0 bridgehead atoms. The summed E-state index contributed by atoms with van der Waals surface area (Å²) in [7, 11) is 0. The highest BCUT2D eigenvalue weighted by atomic mass is 32.2. The number of morpholine rings is 1. The first kappa shape index (κ1) is 15.4. The number of carbonyl (C=O) groups is 2. The number of thioether (sulfide) groups is 1.